The monoisotopic (exact) mass is 596 g/mol. The zero-order valence-electron chi connectivity index (χ0n) is 23.3. The minimum atomic E-state index is -1.88. The fraction of sp³-hybridized carbons (Fsp3) is 0.176. The zero-order valence-corrected chi connectivity index (χ0v) is 23.3. The lowest BCUT2D eigenvalue weighted by atomic mass is 9.97. The van der Waals surface area contributed by atoms with Gasteiger partial charge >= 0.3 is 23.9 Å². The number of rotatable bonds is 9. The second kappa shape index (κ2) is 14.2. The molecule has 0 saturated carbocycles. The number of aliphatic hydroxyl groups is 1. The normalized spacial score (nSPS) is 21.0. The van der Waals surface area contributed by atoms with Crippen LogP contribution in [0, 0.1) is 0 Å². The highest BCUT2D eigenvalue weighted by molar-refractivity contribution is 5.91. The van der Waals surface area contributed by atoms with E-state index in [9.17, 15) is 24.3 Å². The molecular formula is C34H28O10. The van der Waals surface area contributed by atoms with Gasteiger partial charge in [0.1, 0.15) is 12.7 Å². The third-order valence-electron chi connectivity index (χ3n) is 6.71. The van der Waals surface area contributed by atoms with Crippen molar-refractivity contribution in [3.63, 3.8) is 0 Å². The molecule has 1 fully saturated rings. The largest absolute Gasteiger partial charge is 0.459 e. The van der Waals surface area contributed by atoms with Crippen LogP contribution in [0.2, 0.25) is 0 Å². The molecule has 0 aliphatic carbocycles. The van der Waals surface area contributed by atoms with E-state index in [1.807, 2.05) is 0 Å². The van der Waals surface area contributed by atoms with Gasteiger partial charge in [0.25, 0.3) is 0 Å². The highest BCUT2D eigenvalue weighted by Crippen LogP contribution is 2.30. The number of esters is 4. The van der Waals surface area contributed by atoms with E-state index in [0.717, 1.165) is 0 Å². The number of aliphatic hydroxyl groups excluding tert-OH is 1. The molecule has 10 heteroatoms. The Labute approximate surface area is 252 Å². The first-order valence-electron chi connectivity index (χ1n) is 13.7. The molecule has 0 radical (unpaired) electrons. The van der Waals surface area contributed by atoms with E-state index in [2.05, 4.69) is 0 Å². The van der Waals surface area contributed by atoms with E-state index in [4.69, 9.17) is 23.7 Å². The molecule has 44 heavy (non-hydrogen) atoms. The summed E-state index contributed by atoms with van der Waals surface area (Å²) >= 11 is 0. The van der Waals surface area contributed by atoms with Crippen molar-refractivity contribution < 1.29 is 48.0 Å². The molecule has 5 rings (SSSR count). The van der Waals surface area contributed by atoms with Crippen LogP contribution in [0.4, 0.5) is 0 Å². The lowest BCUT2D eigenvalue weighted by Gasteiger charge is -2.41. The number of hydrogen-bond donors (Lipinski definition) is 1. The van der Waals surface area contributed by atoms with E-state index >= 15 is 0 Å². The predicted molar refractivity (Wildman–Crippen MR) is 154 cm³/mol. The average molecular weight is 597 g/mol. The third-order valence-corrected chi connectivity index (χ3v) is 6.71. The maximum Gasteiger partial charge on any atom is 0.340 e. The van der Waals surface area contributed by atoms with E-state index in [1.54, 1.807) is 84.9 Å². The second-order valence-corrected chi connectivity index (χ2v) is 9.75. The third kappa shape index (κ3) is 7.35. The molecule has 4 aromatic carbocycles. The highest BCUT2D eigenvalue weighted by Gasteiger charge is 2.54. The molecule has 1 N–H and O–H groups in total. The van der Waals surface area contributed by atoms with Gasteiger partial charge in [-0.2, -0.15) is 0 Å². The Bertz CT molecular complexity index is 1560. The molecule has 1 aliphatic rings. The first kappa shape index (κ1) is 30.1. The van der Waals surface area contributed by atoms with Gasteiger partial charge in [0.15, 0.2) is 18.3 Å². The van der Waals surface area contributed by atoms with Gasteiger partial charge in [-0.05, 0) is 42.0 Å². The van der Waals surface area contributed by atoms with Crippen LogP contribution in [0.1, 0.15) is 36.6 Å². The highest BCUT2D eigenvalue weighted by atomic mass is 16.7. The zero-order chi connectivity index (χ0) is 30.9. The SMILES string of the molecule is O=C(O[C@H]1O[C@H](C(=O)OCc2ccccc2)[C@@H](OC(=O)c2ccccc2)[C@H](O)[C@H]1OC(=O)c1ccccc1)c1ccccc1. The van der Waals surface area contributed by atoms with Gasteiger partial charge in [-0.25, -0.2) is 19.2 Å². The number of carbonyl (C=O) groups excluding carboxylic acids is 4. The summed E-state index contributed by atoms with van der Waals surface area (Å²) in [5, 5.41) is 11.5. The molecule has 1 heterocycles. The summed E-state index contributed by atoms with van der Waals surface area (Å²) < 4.78 is 28.0. The van der Waals surface area contributed by atoms with Crippen LogP contribution in [-0.4, -0.2) is 59.7 Å². The molecule has 5 atom stereocenters. The summed E-state index contributed by atoms with van der Waals surface area (Å²) in [6, 6.07) is 32.5. The minimum absolute atomic E-state index is 0.131. The quantitative estimate of drug-likeness (QED) is 0.222. The Morgan fingerprint density at radius 2 is 0.977 bits per heavy atom. The Morgan fingerprint density at radius 3 is 1.45 bits per heavy atom. The lowest BCUT2D eigenvalue weighted by Crippen LogP contribution is -2.63. The predicted octanol–water partition coefficient (Wildman–Crippen LogP) is 4.12. The Balaban J connectivity index is 1.45. The summed E-state index contributed by atoms with van der Waals surface area (Å²) in [6.07, 6.45) is -8.85. The van der Waals surface area contributed by atoms with Crippen molar-refractivity contribution in [2.45, 2.75) is 37.3 Å². The second-order valence-electron chi connectivity index (χ2n) is 9.75. The van der Waals surface area contributed by atoms with Crippen molar-refractivity contribution in [1.82, 2.24) is 0 Å². The minimum Gasteiger partial charge on any atom is -0.459 e. The van der Waals surface area contributed by atoms with Crippen LogP contribution in [0.25, 0.3) is 0 Å². The average Bonchev–Trinajstić information content (AvgIpc) is 3.07. The van der Waals surface area contributed by atoms with Gasteiger partial charge in [-0.3, -0.25) is 0 Å². The Morgan fingerprint density at radius 1 is 0.568 bits per heavy atom. The summed E-state index contributed by atoms with van der Waals surface area (Å²) in [5.74, 6) is -3.64. The van der Waals surface area contributed by atoms with Gasteiger partial charge in [0.05, 0.1) is 16.7 Å². The molecular weight excluding hydrogens is 568 g/mol. The summed E-state index contributed by atoms with van der Waals surface area (Å²) in [4.78, 5) is 52.5. The van der Waals surface area contributed by atoms with E-state index in [1.165, 1.54) is 36.4 Å². The van der Waals surface area contributed by atoms with E-state index in [0.29, 0.717) is 5.56 Å². The molecule has 1 saturated heterocycles. The molecule has 10 nitrogen and oxygen atoms in total. The molecule has 0 amide bonds. The molecule has 0 unspecified atom stereocenters. The smallest absolute Gasteiger partial charge is 0.340 e. The van der Waals surface area contributed by atoms with Crippen LogP contribution in [0.15, 0.2) is 121 Å². The van der Waals surface area contributed by atoms with E-state index in [-0.39, 0.29) is 23.3 Å². The van der Waals surface area contributed by atoms with Gasteiger partial charge in [0, 0.05) is 0 Å². The van der Waals surface area contributed by atoms with Crippen LogP contribution >= 0.6 is 0 Å². The van der Waals surface area contributed by atoms with Crippen molar-refractivity contribution in [3.05, 3.63) is 144 Å². The van der Waals surface area contributed by atoms with Crippen molar-refractivity contribution in [3.8, 4) is 0 Å². The summed E-state index contributed by atoms with van der Waals surface area (Å²) in [7, 11) is 0. The number of benzene rings is 4. The lowest BCUT2D eigenvalue weighted by molar-refractivity contribution is -0.278. The Kier molecular flexibility index (Phi) is 9.75. The van der Waals surface area contributed by atoms with Crippen LogP contribution in [0.5, 0.6) is 0 Å². The van der Waals surface area contributed by atoms with Crippen molar-refractivity contribution in [2.75, 3.05) is 0 Å². The van der Waals surface area contributed by atoms with Gasteiger partial charge in [0.2, 0.25) is 6.29 Å². The fourth-order valence-corrected chi connectivity index (χ4v) is 4.46. The molecule has 0 bridgehead atoms. The maximum atomic E-state index is 13.4. The number of ether oxygens (including phenoxy) is 5. The van der Waals surface area contributed by atoms with Crippen LogP contribution in [0.3, 0.4) is 0 Å². The van der Waals surface area contributed by atoms with Crippen molar-refractivity contribution in [2.24, 2.45) is 0 Å². The topological polar surface area (TPSA) is 135 Å². The van der Waals surface area contributed by atoms with Crippen LogP contribution < -0.4 is 0 Å². The molecule has 0 spiro atoms. The first-order valence-corrected chi connectivity index (χ1v) is 13.7. The van der Waals surface area contributed by atoms with E-state index < -0.39 is 54.6 Å². The van der Waals surface area contributed by atoms with Crippen molar-refractivity contribution in [1.29, 1.82) is 0 Å². The number of carbonyl (C=O) groups is 4. The maximum absolute atomic E-state index is 13.4. The molecule has 4 aromatic rings. The standard InChI is InChI=1S/C34H28O10/c35-26-27(41-30(36)23-15-7-2-8-16-23)29(33(39)40-21-22-13-5-1-6-14-22)43-34(44-32(38)25-19-11-4-12-20-25)28(26)42-31(37)24-17-9-3-10-18-24/h1-20,26-29,34-35H,21H2/t26-,27-,28+,29-,34+/m0/s1. The molecule has 224 valence electrons. The summed E-state index contributed by atoms with van der Waals surface area (Å²) in [6.45, 7) is -0.157. The van der Waals surface area contributed by atoms with Gasteiger partial charge in [-0.15, -0.1) is 0 Å². The van der Waals surface area contributed by atoms with Gasteiger partial charge in [-0.1, -0.05) is 84.9 Å². The Hall–Kier alpha value is -5.32. The van der Waals surface area contributed by atoms with Crippen molar-refractivity contribution >= 4 is 23.9 Å². The number of hydrogen-bond acceptors (Lipinski definition) is 10. The first-order chi connectivity index (χ1) is 21.4. The molecule has 1 aliphatic heterocycles. The van der Waals surface area contributed by atoms with Crippen LogP contribution in [-0.2, 0) is 35.1 Å². The fourth-order valence-electron chi connectivity index (χ4n) is 4.46. The van der Waals surface area contributed by atoms with Gasteiger partial charge < -0.3 is 28.8 Å². The summed E-state index contributed by atoms with van der Waals surface area (Å²) in [5.41, 5.74) is 1.07. The molecule has 0 aromatic heterocycles.